The van der Waals surface area contributed by atoms with Crippen LogP contribution in [0.4, 0.5) is 0 Å². The van der Waals surface area contributed by atoms with Crippen LogP contribution in [0, 0.1) is 6.92 Å². The average Bonchev–Trinajstić information content (AvgIpc) is 2.93. The van der Waals surface area contributed by atoms with Crippen LogP contribution in [0.1, 0.15) is 49.7 Å². The number of nitrogens with zero attached hydrogens (tertiary/aromatic N) is 2. The fourth-order valence-electron chi connectivity index (χ4n) is 2.25. The normalized spacial score (nSPS) is 19.2. The molecule has 0 spiro atoms. The molecule has 1 atom stereocenters. The maximum atomic E-state index is 12.4. The van der Waals surface area contributed by atoms with E-state index in [0.29, 0.717) is 18.5 Å². The molecule has 1 aromatic rings. The van der Waals surface area contributed by atoms with E-state index in [-0.39, 0.29) is 17.6 Å². The van der Waals surface area contributed by atoms with Gasteiger partial charge in [-0.3, -0.25) is 4.79 Å². The molecule has 0 radical (unpaired) electrons. The molecule has 0 N–H and O–H groups in total. The van der Waals surface area contributed by atoms with Crippen molar-refractivity contribution in [1.82, 2.24) is 10.1 Å². The Balaban J connectivity index is 2.13. The highest BCUT2D eigenvalue weighted by molar-refractivity contribution is 5.95. The lowest BCUT2D eigenvalue weighted by Crippen LogP contribution is -2.43. The zero-order valence-corrected chi connectivity index (χ0v) is 12.3. The van der Waals surface area contributed by atoms with Crippen molar-refractivity contribution in [2.75, 3.05) is 6.54 Å². The Hall–Kier alpha value is -1.85. The Kier molecular flexibility index (Phi) is 3.83. The summed E-state index contributed by atoms with van der Waals surface area (Å²) in [6, 6.07) is -0.536. The minimum Gasteiger partial charge on any atom is -0.458 e. The molecule has 0 aliphatic carbocycles. The smallest absolute Gasteiger partial charge is 0.329 e. The number of hydrogen-bond donors (Lipinski definition) is 0. The molecule has 110 valence electrons. The number of carbonyl (C=O) groups is 2. The van der Waals surface area contributed by atoms with Crippen LogP contribution in [0.3, 0.4) is 0 Å². The van der Waals surface area contributed by atoms with E-state index < -0.39 is 11.6 Å². The van der Waals surface area contributed by atoms with Crippen molar-refractivity contribution in [2.45, 2.75) is 52.2 Å². The molecule has 6 heteroatoms. The molecule has 0 bridgehead atoms. The standard InChI is InChI=1S/C14H20N2O4/c1-9-8-15-20-11(9)12(17)16-7-5-6-10(16)13(18)19-14(2,3)4/h8,10H,5-7H2,1-4H3/t10-/m0/s1. The van der Waals surface area contributed by atoms with Gasteiger partial charge in [-0.15, -0.1) is 0 Å². The largest absolute Gasteiger partial charge is 0.458 e. The van der Waals surface area contributed by atoms with Crippen molar-refractivity contribution >= 4 is 11.9 Å². The molecule has 1 aliphatic heterocycles. The highest BCUT2D eigenvalue weighted by atomic mass is 16.6. The molecule has 0 aromatic carbocycles. The van der Waals surface area contributed by atoms with E-state index in [2.05, 4.69) is 5.16 Å². The molecule has 2 heterocycles. The van der Waals surface area contributed by atoms with Crippen LogP contribution < -0.4 is 0 Å². The summed E-state index contributed by atoms with van der Waals surface area (Å²) in [5.41, 5.74) is 0.112. The molecule has 1 fully saturated rings. The van der Waals surface area contributed by atoms with Crippen LogP contribution in [0.2, 0.25) is 0 Å². The first-order chi connectivity index (χ1) is 9.29. The van der Waals surface area contributed by atoms with E-state index in [1.807, 2.05) is 20.8 Å². The highest BCUT2D eigenvalue weighted by Crippen LogP contribution is 2.24. The minimum absolute atomic E-state index is 0.195. The van der Waals surface area contributed by atoms with Gasteiger partial charge in [-0.05, 0) is 40.5 Å². The van der Waals surface area contributed by atoms with Gasteiger partial charge in [0.1, 0.15) is 11.6 Å². The first-order valence-corrected chi connectivity index (χ1v) is 6.75. The third kappa shape index (κ3) is 3.00. The van der Waals surface area contributed by atoms with Crippen LogP contribution in [0.15, 0.2) is 10.7 Å². The lowest BCUT2D eigenvalue weighted by Gasteiger charge is -2.26. The third-order valence-electron chi connectivity index (χ3n) is 3.14. The van der Waals surface area contributed by atoms with Gasteiger partial charge < -0.3 is 14.2 Å². The topological polar surface area (TPSA) is 72.6 Å². The maximum Gasteiger partial charge on any atom is 0.329 e. The molecule has 1 amide bonds. The number of likely N-dealkylation sites (tertiary alicyclic amines) is 1. The van der Waals surface area contributed by atoms with Crippen molar-refractivity contribution in [1.29, 1.82) is 0 Å². The Morgan fingerprint density at radius 1 is 1.45 bits per heavy atom. The second-order valence-corrected chi connectivity index (χ2v) is 6.03. The summed E-state index contributed by atoms with van der Waals surface area (Å²) in [5.74, 6) is -0.464. The maximum absolute atomic E-state index is 12.4. The summed E-state index contributed by atoms with van der Waals surface area (Å²) in [6.07, 6.45) is 2.89. The molecule has 2 rings (SSSR count). The zero-order valence-electron chi connectivity index (χ0n) is 12.3. The summed E-state index contributed by atoms with van der Waals surface area (Å²) in [5, 5.41) is 3.60. The highest BCUT2D eigenvalue weighted by Gasteiger charge is 2.38. The number of amides is 1. The number of rotatable bonds is 2. The predicted octanol–water partition coefficient (Wildman–Crippen LogP) is 1.93. The van der Waals surface area contributed by atoms with Crippen LogP contribution in [0.5, 0.6) is 0 Å². The third-order valence-corrected chi connectivity index (χ3v) is 3.14. The number of ether oxygens (including phenoxy) is 1. The lowest BCUT2D eigenvalue weighted by atomic mass is 10.1. The summed E-state index contributed by atoms with van der Waals surface area (Å²) in [4.78, 5) is 26.1. The fraction of sp³-hybridized carbons (Fsp3) is 0.643. The summed E-state index contributed by atoms with van der Waals surface area (Å²) < 4.78 is 10.3. The lowest BCUT2D eigenvalue weighted by molar-refractivity contribution is -0.159. The van der Waals surface area contributed by atoms with Gasteiger partial charge in [0, 0.05) is 12.1 Å². The Morgan fingerprint density at radius 3 is 2.70 bits per heavy atom. The molecule has 1 aromatic heterocycles. The molecule has 1 saturated heterocycles. The van der Waals surface area contributed by atoms with Crippen LogP contribution in [-0.2, 0) is 9.53 Å². The quantitative estimate of drug-likeness (QED) is 0.774. The van der Waals surface area contributed by atoms with Crippen molar-refractivity contribution in [3.05, 3.63) is 17.5 Å². The SMILES string of the molecule is Cc1cnoc1C(=O)N1CCC[C@H]1C(=O)OC(C)(C)C. The minimum atomic E-state index is -0.559. The number of esters is 1. The van der Waals surface area contributed by atoms with Crippen LogP contribution >= 0.6 is 0 Å². The van der Waals surface area contributed by atoms with Gasteiger partial charge in [0.15, 0.2) is 0 Å². The molecule has 0 unspecified atom stereocenters. The average molecular weight is 280 g/mol. The number of aryl methyl sites for hydroxylation is 1. The first-order valence-electron chi connectivity index (χ1n) is 6.75. The molecule has 6 nitrogen and oxygen atoms in total. The summed E-state index contributed by atoms with van der Waals surface area (Å²) >= 11 is 0. The van der Waals surface area contributed by atoms with Gasteiger partial charge in [-0.25, -0.2) is 4.79 Å². The Labute approximate surface area is 118 Å². The van der Waals surface area contributed by atoms with E-state index >= 15 is 0 Å². The molecule has 1 aliphatic rings. The van der Waals surface area contributed by atoms with Crippen LogP contribution in [-0.4, -0.2) is 40.1 Å². The predicted molar refractivity (Wildman–Crippen MR) is 71.1 cm³/mol. The van der Waals surface area contributed by atoms with Crippen molar-refractivity contribution < 1.29 is 18.8 Å². The van der Waals surface area contributed by atoms with Gasteiger partial charge in [0.2, 0.25) is 5.76 Å². The molecular formula is C14H20N2O4. The Bertz CT molecular complexity index is 515. The fourth-order valence-corrected chi connectivity index (χ4v) is 2.25. The number of aromatic nitrogens is 1. The zero-order chi connectivity index (χ0) is 14.9. The van der Waals surface area contributed by atoms with E-state index in [1.54, 1.807) is 6.92 Å². The van der Waals surface area contributed by atoms with E-state index in [9.17, 15) is 9.59 Å². The molecular weight excluding hydrogens is 260 g/mol. The second kappa shape index (κ2) is 5.26. The summed E-state index contributed by atoms with van der Waals surface area (Å²) in [7, 11) is 0. The second-order valence-electron chi connectivity index (χ2n) is 6.03. The van der Waals surface area contributed by atoms with Gasteiger partial charge in [-0.1, -0.05) is 5.16 Å². The molecule has 0 saturated carbocycles. The monoisotopic (exact) mass is 280 g/mol. The van der Waals surface area contributed by atoms with Gasteiger partial charge in [-0.2, -0.15) is 0 Å². The molecule has 20 heavy (non-hydrogen) atoms. The van der Waals surface area contributed by atoms with Gasteiger partial charge in [0.25, 0.3) is 5.91 Å². The van der Waals surface area contributed by atoms with Crippen molar-refractivity contribution in [3.8, 4) is 0 Å². The number of hydrogen-bond acceptors (Lipinski definition) is 5. The van der Waals surface area contributed by atoms with E-state index in [4.69, 9.17) is 9.26 Å². The number of carbonyl (C=O) groups excluding carboxylic acids is 2. The van der Waals surface area contributed by atoms with Gasteiger partial charge in [0.05, 0.1) is 6.20 Å². The van der Waals surface area contributed by atoms with E-state index in [1.165, 1.54) is 11.1 Å². The van der Waals surface area contributed by atoms with E-state index in [0.717, 1.165) is 6.42 Å². The van der Waals surface area contributed by atoms with Crippen LogP contribution in [0.25, 0.3) is 0 Å². The summed E-state index contributed by atoms with van der Waals surface area (Å²) in [6.45, 7) is 7.72. The first kappa shape index (κ1) is 14.6. The van der Waals surface area contributed by atoms with Gasteiger partial charge >= 0.3 is 5.97 Å². The van der Waals surface area contributed by atoms with Crippen molar-refractivity contribution in [3.63, 3.8) is 0 Å². The Morgan fingerprint density at radius 2 is 2.15 bits per heavy atom. The van der Waals surface area contributed by atoms with Crippen molar-refractivity contribution in [2.24, 2.45) is 0 Å².